The van der Waals surface area contributed by atoms with Gasteiger partial charge in [-0.05, 0) is 42.9 Å². The Hall–Kier alpha value is -2.04. The zero-order chi connectivity index (χ0) is 17.6. The van der Waals surface area contributed by atoms with Crippen molar-refractivity contribution in [2.45, 2.75) is 18.7 Å². The molecule has 1 aliphatic heterocycles. The lowest BCUT2D eigenvalue weighted by Gasteiger charge is -2.19. The summed E-state index contributed by atoms with van der Waals surface area (Å²) < 4.78 is 0. The average Bonchev–Trinajstić information content (AvgIpc) is 2.96. The maximum Gasteiger partial charge on any atom is 0.200 e. The number of carbonyl (C=O) groups excluding carboxylic acids is 1. The van der Waals surface area contributed by atoms with E-state index in [4.69, 9.17) is 0 Å². The lowest BCUT2D eigenvalue weighted by molar-refractivity contribution is 0.104. The Morgan fingerprint density at radius 2 is 1.76 bits per heavy atom. The number of anilines is 1. The SMILES string of the molecule is CCN(CC)CCNc1ccccc1C=C1Sc2ccccc2C1=O. The summed E-state index contributed by atoms with van der Waals surface area (Å²) in [5.41, 5.74) is 2.95. The van der Waals surface area contributed by atoms with Crippen LogP contribution < -0.4 is 5.32 Å². The van der Waals surface area contributed by atoms with Gasteiger partial charge in [-0.2, -0.15) is 0 Å². The number of likely N-dealkylation sites (N-methyl/N-ethyl adjacent to an activating group) is 1. The fourth-order valence-corrected chi connectivity index (χ4v) is 3.99. The van der Waals surface area contributed by atoms with E-state index in [9.17, 15) is 4.79 Å². The standard InChI is InChI=1S/C21H24N2OS/c1-3-23(4-2)14-13-22-18-11-7-5-9-16(18)15-20-21(24)17-10-6-8-12-19(17)25-20/h5-12,15,22H,3-4,13-14H2,1-2H3. The van der Waals surface area contributed by atoms with Crippen LogP contribution in [0, 0.1) is 0 Å². The molecule has 0 aromatic heterocycles. The number of benzene rings is 2. The second-order valence-corrected chi connectivity index (χ2v) is 7.06. The molecule has 1 heterocycles. The van der Waals surface area contributed by atoms with Crippen molar-refractivity contribution in [2.24, 2.45) is 0 Å². The minimum Gasteiger partial charge on any atom is -0.383 e. The molecular formula is C21H24N2OS. The molecule has 130 valence electrons. The van der Waals surface area contributed by atoms with Gasteiger partial charge in [0.2, 0.25) is 5.78 Å². The molecule has 4 heteroatoms. The summed E-state index contributed by atoms with van der Waals surface area (Å²) >= 11 is 1.56. The van der Waals surface area contributed by atoms with Crippen LogP contribution in [-0.4, -0.2) is 36.9 Å². The van der Waals surface area contributed by atoms with Crippen LogP contribution in [0.25, 0.3) is 6.08 Å². The molecule has 3 rings (SSSR count). The van der Waals surface area contributed by atoms with E-state index in [1.807, 2.05) is 42.5 Å². The first-order valence-electron chi connectivity index (χ1n) is 8.81. The van der Waals surface area contributed by atoms with Crippen LogP contribution >= 0.6 is 11.8 Å². The minimum absolute atomic E-state index is 0.124. The molecule has 0 radical (unpaired) electrons. The fraction of sp³-hybridized carbons (Fsp3) is 0.286. The van der Waals surface area contributed by atoms with E-state index in [-0.39, 0.29) is 5.78 Å². The van der Waals surface area contributed by atoms with Gasteiger partial charge in [0, 0.05) is 29.2 Å². The number of allylic oxidation sites excluding steroid dienone is 1. The van der Waals surface area contributed by atoms with Crippen LogP contribution in [0.4, 0.5) is 5.69 Å². The lowest BCUT2D eigenvalue weighted by atomic mass is 10.1. The van der Waals surface area contributed by atoms with E-state index in [0.717, 1.165) is 52.8 Å². The number of hydrogen-bond acceptors (Lipinski definition) is 4. The van der Waals surface area contributed by atoms with Crippen molar-refractivity contribution in [1.82, 2.24) is 4.90 Å². The third kappa shape index (κ3) is 4.14. The Morgan fingerprint density at radius 1 is 1.04 bits per heavy atom. The van der Waals surface area contributed by atoms with E-state index in [1.54, 1.807) is 11.8 Å². The van der Waals surface area contributed by atoms with Crippen LogP contribution in [0.1, 0.15) is 29.8 Å². The zero-order valence-electron chi connectivity index (χ0n) is 14.8. The first-order chi connectivity index (χ1) is 12.2. The third-order valence-corrected chi connectivity index (χ3v) is 5.56. The molecule has 0 spiro atoms. The Balaban J connectivity index is 1.75. The van der Waals surface area contributed by atoms with Gasteiger partial charge in [-0.1, -0.05) is 55.9 Å². The average molecular weight is 353 g/mol. The van der Waals surface area contributed by atoms with Crippen molar-refractivity contribution in [3.05, 3.63) is 64.6 Å². The Kier molecular flexibility index (Phi) is 5.95. The molecule has 2 aromatic rings. The van der Waals surface area contributed by atoms with Crippen LogP contribution in [-0.2, 0) is 0 Å². The highest BCUT2D eigenvalue weighted by Gasteiger charge is 2.25. The highest BCUT2D eigenvalue weighted by Crippen LogP contribution is 2.41. The first-order valence-corrected chi connectivity index (χ1v) is 9.63. The summed E-state index contributed by atoms with van der Waals surface area (Å²) in [5, 5.41) is 3.52. The minimum atomic E-state index is 0.124. The summed E-state index contributed by atoms with van der Waals surface area (Å²) in [6.45, 7) is 8.39. The van der Waals surface area contributed by atoms with Crippen LogP contribution in [0.15, 0.2) is 58.3 Å². The number of rotatable bonds is 7. The van der Waals surface area contributed by atoms with Gasteiger partial charge < -0.3 is 10.2 Å². The molecule has 0 atom stereocenters. The van der Waals surface area contributed by atoms with Gasteiger partial charge in [-0.15, -0.1) is 0 Å². The molecule has 3 nitrogen and oxygen atoms in total. The maximum atomic E-state index is 12.6. The van der Waals surface area contributed by atoms with Gasteiger partial charge in [0.25, 0.3) is 0 Å². The monoisotopic (exact) mass is 352 g/mol. The van der Waals surface area contributed by atoms with Gasteiger partial charge >= 0.3 is 0 Å². The molecule has 25 heavy (non-hydrogen) atoms. The Morgan fingerprint density at radius 3 is 2.52 bits per heavy atom. The van der Waals surface area contributed by atoms with Crippen molar-refractivity contribution in [2.75, 3.05) is 31.5 Å². The number of thioether (sulfide) groups is 1. The molecular weight excluding hydrogens is 328 g/mol. The number of Topliss-reactive ketones (excluding diaryl/α,β-unsaturated/α-hetero) is 1. The number of fused-ring (bicyclic) bond motifs is 1. The van der Waals surface area contributed by atoms with E-state index in [1.165, 1.54) is 0 Å². The highest BCUT2D eigenvalue weighted by atomic mass is 32.2. The van der Waals surface area contributed by atoms with Gasteiger partial charge in [-0.25, -0.2) is 0 Å². The fourth-order valence-electron chi connectivity index (χ4n) is 2.95. The number of para-hydroxylation sites is 1. The molecule has 0 amide bonds. The number of ketones is 1. The molecule has 1 N–H and O–H groups in total. The summed E-state index contributed by atoms with van der Waals surface area (Å²) in [4.78, 5) is 16.8. The number of hydrogen-bond donors (Lipinski definition) is 1. The summed E-state index contributed by atoms with van der Waals surface area (Å²) in [7, 11) is 0. The van der Waals surface area contributed by atoms with E-state index in [2.05, 4.69) is 36.2 Å². The topological polar surface area (TPSA) is 32.3 Å². The quantitative estimate of drug-likeness (QED) is 0.728. The summed E-state index contributed by atoms with van der Waals surface area (Å²) in [5.74, 6) is 0.124. The number of nitrogens with zero attached hydrogens (tertiary/aromatic N) is 1. The second kappa shape index (κ2) is 8.37. The molecule has 0 aliphatic carbocycles. The second-order valence-electron chi connectivity index (χ2n) is 5.98. The van der Waals surface area contributed by atoms with Crippen molar-refractivity contribution in [3.63, 3.8) is 0 Å². The van der Waals surface area contributed by atoms with E-state index in [0.29, 0.717) is 0 Å². The molecule has 0 saturated heterocycles. The van der Waals surface area contributed by atoms with Crippen molar-refractivity contribution < 1.29 is 4.79 Å². The van der Waals surface area contributed by atoms with Gasteiger partial charge in [0.15, 0.2) is 0 Å². The first kappa shape index (κ1) is 17.8. The van der Waals surface area contributed by atoms with Crippen molar-refractivity contribution >= 4 is 29.3 Å². The van der Waals surface area contributed by atoms with E-state index >= 15 is 0 Å². The lowest BCUT2D eigenvalue weighted by Crippen LogP contribution is -2.28. The van der Waals surface area contributed by atoms with Crippen molar-refractivity contribution in [1.29, 1.82) is 0 Å². The maximum absolute atomic E-state index is 12.6. The van der Waals surface area contributed by atoms with Crippen LogP contribution in [0.3, 0.4) is 0 Å². The smallest absolute Gasteiger partial charge is 0.200 e. The van der Waals surface area contributed by atoms with Crippen LogP contribution in [0.5, 0.6) is 0 Å². The van der Waals surface area contributed by atoms with Crippen LogP contribution in [0.2, 0.25) is 0 Å². The van der Waals surface area contributed by atoms with Gasteiger partial charge in [0.1, 0.15) is 0 Å². The highest BCUT2D eigenvalue weighted by molar-refractivity contribution is 8.04. The molecule has 0 unspecified atom stereocenters. The molecule has 0 bridgehead atoms. The molecule has 2 aromatic carbocycles. The molecule has 0 saturated carbocycles. The molecule has 1 aliphatic rings. The predicted octanol–water partition coefficient (Wildman–Crippen LogP) is 4.77. The third-order valence-electron chi connectivity index (χ3n) is 4.46. The predicted molar refractivity (Wildman–Crippen MR) is 107 cm³/mol. The van der Waals surface area contributed by atoms with Gasteiger partial charge in [0.05, 0.1) is 4.91 Å². The Labute approximate surface area is 154 Å². The summed E-state index contributed by atoms with van der Waals surface area (Å²) in [6.07, 6.45) is 2.01. The van der Waals surface area contributed by atoms with Crippen molar-refractivity contribution in [3.8, 4) is 0 Å². The summed E-state index contributed by atoms with van der Waals surface area (Å²) in [6, 6.07) is 16.0. The van der Waals surface area contributed by atoms with Gasteiger partial charge in [-0.3, -0.25) is 4.79 Å². The molecule has 0 fully saturated rings. The van der Waals surface area contributed by atoms with E-state index < -0.39 is 0 Å². The normalized spacial score (nSPS) is 15.0. The zero-order valence-corrected chi connectivity index (χ0v) is 15.6. The largest absolute Gasteiger partial charge is 0.383 e. The number of nitrogens with one attached hydrogen (secondary N) is 1. The number of carbonyl (C=O) groups is 1. The Bertz CT molecular complexity index is 781.